The zero-order valence-electron chi connectivity index (χ0n) is 9.97. The number of aromatic nitrogens is 1. The summed E-state index contributed by atoms with van der Waals surface area (Å²) in [7, 11) is 1.94. The average molecular weight is 241 g/mol. The fourth-order valence-electron chi connectivity index (χ4n) is 1.18. The molecular formula is C10H19N5S. The molecule has 16 heavy (non-hydrogen) atoms. The molecule has 0 unspecified atom stereocenters. The van der Waals surface area contributed by atoms with Crippen LogP contribution >= 0.6 is 11.3 Å². The maximum atomic E-state index is 5.45. The van der Waals surface area contributed by atoms with Crippen molar-refractivity contribution in [2.24, 2.45) is 16.8 Å². The summed E-state index contributed by atoms with van der Waals surface area (Å²) >= 11 is 1.59. The van der Waals surface area contributed by atoms with Crippen LogP contribution in [0, 0.1) is 5.92 Å². The number of nitrogens with zero attached hydrogens (tertiary/aromatic N) is 3. The Labute approximate surface area is 100 Å². The van der Waals surface area contributed by atoms with E-state index in [1.54, 1.807) is 11.3 Å². The summed E-state index contributed by atoms with van der Waals surface area (Å²) in [6.07, 6.45) is 0. The predicted molar refractivity (Wildman–Crippen MR) is 68.0 cm³/mol. The predicted octanol–water partition coefficient (Wildman–Crippen LogP) is 1.05. The van der Waals surface area contributed by atoms with Crippen molar-refractivity contribution in [2.75, 3.05) is 13.6 Å². The Hall–Kier alpha value is -1.14. The van der Waals surface area contributed by atoms with Crippen LogP contribution in [0.5, 0.6) is 0 Å². The zero-order chi connectivity index (χ0) is 12.0. The zero-order valence-corrected chi connectivity index (χ0v) is 10.8. The highest BCUT2D eigenvalue weighted by molar-refractivity contribution is 7.07. The minimum Gasteiger partial charge on any atom is -0.339 e. The number of guanidine groups is 1. The van der Waals surface area contributed by atoms with Gasteiger partial charge in [-0.3, -0.25) is 10.4 Å². The Kier molecular flexibility index (Phi) is 5.21. The third-order valence-corrected chi connectivity index (χ3v) is 2.61. The van der Waals surface area contributed by atoms with Crippen molar-refractivity contribution in [3.8, 4) is 0 Å². The van der Waals surface area contributed by atoms with Crippen LogP contribution in [0.15, 0.2) is 15.9 Å². The van der Waals surface area contributed by atoms with Crippen molar-refractivity contribution in [1.82, 2.24) is 15.3 Å². The molecule has 5 nitrogen and oxygen atoms in total. The first-order chi connectivity index (χ1) is 7.63. The molecule has 0 amide bonds. The molecule has 0 aromatic carbocycles. The van der Waals surface area contributed by atoms with Gasteiger partial charge in [0.2, 0.25) is 5.96 Å². The van der Waals surface area contributed by atoms with Crippen LogP contribution in [0.3, 0.4) is 0 Å². The minimum atomic E-state index is 0.524. The minimum absolute atomic E-state index is 0.524. The number of rotatable bonds is 4. The van der Waals surface area contributed by atoms with E-state index in [1.165, 1.54) is 0 Å². The summed E-state index contributed by atoms with van der Waals surface area (Å²) in [6, 6.07) is 0. The molecule has 6 heteroatoms. The molecule has 0 saturated carbocycles. The quantitative estimate of drug-likeness (QED) is 0.358. The van der Waals surface area contributed by atoms with Gasteiger partial charge in [0.1, 0.15) is 0 Å². The third kappa shape index (κ3) is 4.16. The normalized spacial score (nSPS) is 11.9. The lowest BCUT2D eigenvalue weighted by Gasteiger charge is -2.19. The van der Waals surface area contributed by atoms with Crippen molar-refractivity contribution < 1.29 is 0 Å². The lowest BCUT2D eigenvalue weighted by molar-refractivity contribution is 0.468. The van der Waals surface area contributed by atoms with Crippen LogP contribution in [0.25, 0.3) is 0 Å². The average Bonchev–Trinajstić information content (AvgIpc) is 2.71. The molecule has 0 aliphatic rings. The Morgan fingerprint density at radius 1 is 1.69 bits per heavy atom. The number of hydrogen-bond acceptors (Lipinski definition) is 4. The summed E-state index contributed by atoms with van der Waals surface area (Å²) in [4.78, 5) is 10.6. The molecule has 0 spiro atoms. The smallest absolute Gasteiger partial charge is 0.208 e. The van der Waals surface area contributed by atoms with Crippen LogP contribution < -0.4 is 11.3 Å². The molecule has 0 radical (unpaired) electrons. The number of hydrogen-bond donors (Lipinski definition) is 2. The molecule has 0 saturated heterocycles. The van der Waals surface area contributed by atoms with Crippen LogP contribution in [0.4, 0.5) is 0 Å². The van der Waals surface area contributed by atoms with E-state index in [2.05, 4.69) is 29.2 Å². The van der Waals surface area contributed by atoms with Gasteiger partial charge in [-0.1, -0.05) is 13.8 Å². The molecule has 0 aliphatic carbocycles. The van der Waals surface area contributed by atoms with Gasteiger partial charge in [0, 0.05) is 19.0 Å². The summed E-state index contributed by atoms with van der Waals surface area (Å²) in [5, 5.41) is 2.02. The first-order valence-electron chi connectivity index (χ1n) is 5.22. The van der Waals surface area contributed by atoms with Gasteiger partial charge in [-0.25, -0.2) is 10.8 Å². The molecule has 1 heterocycles. The van der Waals surface area contributed by atoms with E-state index in [9.17, 15) is 0 Å². The number of thiazole rings is 1. The van der Waals surface area contributed by atoms with Crippen LogP contribution in [-0.4, -0.2) is 29.4 Å². The van der Waals surface area contributed by atoms with E-state index in [1.807, 2.05) is 22.8 Å². The molecule has 1 rings (SSSR count). The van der Waals surface area contributed by atoms with Crippen molar-refractivity contribution in [3.63, 3.8) is 0 Å². The third-order valence-electron chi connectivity index (χ3n) is 1.98. The molecular weight excluding hydrogens is 222 g/mol. The van der Waals surface area contributed by atoms with Gasteiger partial charge in [-0.05, 0) is 5.92 Å². The highest BCUT2D eigenvalue weighted by atomic mass is 32.1. The van der Waals surface area contributed by atoms with E-state index in [0.717, 1.165) is 12.2 Å². The van der Waals surface area contributed by atoms with Crippen LogP contribution in [-0.2, 0) is 6.54 Å². The van der Waals surface area contributed by atoms with Gasteiger partial charge in [-0.2, -0.15) is 0 Å². The Bertz CT molecular complexity index is 320. The fourth-order valence-corrected chi connectivity index (χ4v) is 1.73. The van der Waals surface area contributed by atoms with E-state index in [4.69, 9.17) is 5.84 Å². The van der Waals surface area contributed by atoms with Gasteiger partial charge in [-0.15, -0.1) is 11.3 Å². The van der Waals surface area contributed by atoms with Crippen molar-refractivity contribution >= 4 is 17.3 Å². The Morgan fingerprint density at radius 2 is 2.44 bits per heavy atom. The Balaban J connectivity index is 2.55. The number of nitrogens with two attached hydrogens (primary N) is 1. The maximum absolute atomic E-state index is 5.45. The monoisotopic (exact) mass is 241 g/mol. The topological polar surface area (TPSA) is 66.5 Å². The Morgan fingerprint density at radius 3 is 2.94 bits per heavy atom. The number of aliphatic imine (C=N–C) groups is 1. The van der Waals surface area contributed by atoms with E-state index in [-0.39, 0.29) is 0 Å². The second-order valence-electron chi connectivity index (χ2n) is 4.04. The molecule has 0 fully saturated rings. The van der Waals surface area contributed by atoms with Gasteiger partial charge >= 0.3 is 0 Å². The molecule has 0 atom stereocenters. The lowest BCUT2D eigenvalue weighted by Crippen LogP contribution is -2.42. The van der Waals surface area contributed by atoms with Crippen LogP contribution in [0.2, 0.25) is 0 Å². The standard InChI is InChI=1S/C10H19N5S/c1-8(2)4-12-10(14-11)15(3)5-9-6-16-7-13-9/h6-8H,4-5,11H2,1-3H3,(H,12,14). The first kappa shape index (κ1) is 12.9. The second-order valence-corrected chi connectivity index (χ2v) is 4.76. The van der Waals surface area contributed by atoms with Gasteiger partial charge in [0.15, 0.2) is 0 Å². The van der Waals surface area contributed by atoms with Crippen molar-refractivity contribution in [1.29, 1.82) is 0 Å². The molecule has 1 aromatic heterocycles. The number of nitrogens with one attached hydrogen (secondary N) is 1. The highest BCUT2D eigenvalue weighted by Crippen LogP contribution is 2.04. The van der Waals surface area contributed by atoms with E-state index >= 15 is 0 Å². The van der Waals surface area contributed by atoms with Crippen LogP contribution in [0.1, 0.15) is 19.5 Å². The van der Waals surface area contributed by atoms with E-state index < -0.39 is 0 Å². The molecule has 0 bridgehead atoms. The summed E-state index contributed by atoms with van der Waals surface area (Å²) in [5.41, 5.74) is 5.47. The van der Waals surface area contributed by atoms with E-state index in [0.29, 0.717) is 18.4 Å². The first-order valence-corrected chi connectivity index (χ1v) is 6.17. The largest absolute Gasteiger partial charge is 0.339 e. The van der Waals surface area contributed by atoms with Gasteiger partial charge in [0.05, 0.1) is 17.7 Å². The molecule has 90 valence electrons. The van der Waals surface area contributed by atoms with Crippen molar-refractivity contribution in [2.45, 2.75) is 20.4 Å². The SMILES string of the molecule is CC(C)CN=C(NN)N(C)Cc1cscn1. The maximum Gasteiger partial charge on any atom is 0.208 e. The highest BCUT2D eigenvalue weighted by Gasteiger charge is 2.06. The summed E-state index contributed by atoms with van der Waals surface area (Å²) < 4.78 is 0. The second kappa shape index (κ2) is 6.44. The molecule has 0 aliphatic heterocycles. The van der Waals surface area contributed by atoms with Crippen molar-refractivity contribution in [3.05, 3.63) is 16.6 Å². The summed E-state index contributed by atoms with van der Waals surface area (Å²) in [5.74, 6) is 6.67. The molecule has 3 N–H and O–H groups in total. The fraction of sp³-hybridized carbons (Fsp3) is 0.600. The lowest BCUT2D eigenvalue weighted by atomic mass is 10.2. The van der Waals surface area contributed by atoms with Gasteiger partial charge < -0.3 is 4.90 Å². The molecule has 1 aromatic rings. The van der Waals surface area contributed by atoms with Gasteiger partial charge in [0.25, 0.3) is 0 Å². The number of hydrazine groups is 1. The summed E-state index contributed by atoms with van der Waals surface area (Å²) in [6.45, 7) is 5.72.